The number of anilines is 1. The Kier molecular flexibility index (Phi) is 9.15. The Hall–Kier alpha value is -3.87. The lowest BCUT2D eigenvalue weighted by atomic mass is 10.1. The molecule has 1 aliphatic heterocycles. The topological polar surface area (TPSA) is 87.8 Å². The molecule has 220 valence electrons. The van der Waals surface area contributed by atoms with Crippen molar-refractivity contribution in [3.05, 3.63) is 89.7 Å². The minimum absolute atomic E-state index is 0.298. The summed E-state index contributed by atoms with van der Waals surface area (Å²) < 4.78 is 42.5. The molecule has 2 N–H and O–H groups in total. The number of aliphatic imine (C=N–C) groups is 1. The molecule has 0 spiro atoms. The van der Waals surface area contributed by atoms with E-state index in [1.54, 1.807) is 11.8 Å². The minimum atomic E-state index is -4.74. The lowest BCUT2D eigenvalue weighted by molar-refractivity contribution is -0.274. The average molecular weight is 597 g/mol. The predicted molar refractivity (Wildman–Crippen MR) is 159 cm³/mol. The first-order chi connectivity index (χ1) is 20.2. The molecule has 0 saturated carbocycles. The molecule has 12 heteroatoms. The maximum Gasteiger partial charge on any atom is 0.573 e. The van der Waals surface area contributed by atoms with Crippen LogP contribution in [0.15, 0.2) is 78.0 Å². The van der Waals surface area contributed by atoms with Crippen LogP contribution in [-0.2, 0) is 6.42 Å². The molecule has 1 aromatic heterocycles. The molecule has 1 fully saturated rings. The van der Waals surface area contributed by atoms with Gasteiger partial charge in [0.25, 0.3) is 0 Å². The summed E-state index contributed by atoms with van der Waals surface area (Å²) in [5.74, 6) is 1.13. The maximum absolute atomic E-state index is 12.4. The van der Waals surface area contributed by atoms with Gasteiger partial charge in [0, 0.05) is 23.5 Å². The van der Waals surface area contributed by atoms with Crippen LogP contribution >= 0.6 is 11.8 Å². The van der Waals surface area contributed by atoms with Gasteiger partial charge >= 0.3 is 6.36 Å². The normalized spacial score (nSPS) is 15.4. The average Bonchev–Trinajstić information content (AvgIpc) is 3.62. The smallest absolute Gasteiger partial charge is 0.406 e. The van der Waals surface area contributed by atoms with E-state index in [0.717, 1.165) is 47.1 Å². The summed E-state index contributed by atoms with van der Waals surface area (Å²) in [4.78, 5) is 11.0. The van der Waals surface area contributed by atoms with E-state index in [9.17, 15) is 18.3 Å². The summed E-state index contributed by atoms with van der Waals surface area (Å²) in [5, 5.41) is 18.9. The zero-order valence-corrected chi connectivity index (χ0v) is 24.0. The van der Waals surface area contributed by atoms with Crippen molar-refractivity contribution in [2.75, 3.05) is 23.7 Å². The van der Waals surface area contributed by atoms with Crippen LogP contribution in [0.1, 0.15) is 23.1 Å². The molecule has 3 aromatic carbocycles. The van der Waals surface area contributed by atoms with Gasteiger partial charge in [-0.3, -0.25) is 5.32 Å². The van der Waals surface area contributed by atoms with E-state index in [-0.39, 0.29) is 5.75 Å². The van der Waals surface area contributed by atoms with Crippen LogP contribution in [0.2, 0.25) is 0 Å². The van der Waals surface area contributed by atoms with Crippen molar-refractivity contribution in [3.8, 4) is 22.8 Å². The molecule has 8 nitrogen and oxygen atoms in total. The molecule has 0 bridgehead atoms. The number of nitrogens with one attached hydrogen (secondary N) is 1. The van der Waals surface area contributed by atoms with Gasteiger partial charge in [-0.05, 0) is 74.2 Å². The number of aromatic nitrogens is 3. The first-order valence-electron chi connectivity index (χ1n) is 13.5. The van der Waals surface area contributed by atoms with Crippen LogP contribution < -0.4 is 15.0 Å². The van der Waals surface area contributed by atoms with Gasteiger partial charge in [-0.1, -0.05) is 54.2 Å². The highest BCUT2D eigenvalue weighted by Gasteiger charge is 2.31. The molecule has 1 unspecified atom stereocenters. The summed E-state index contributed by atoms with van der Waals surface area (Å²) >= 11 is 1.65. The number of para-hydroxylation sites is 1. The van der Waals surface area contributed by atoms with Crippen LogP contribution in [0.5, 0.6) is 5.75 Å². The number of amidine groups is 1. The van der Waals surface area contributed by atoms with Gasteiger partial charge in [0.2, 0.25) is 6.35 Å². The van der Waals surface area contributed by atoms with E-state index in [1.807, 2.05) is 24.3 Å². The summed E-state index contributed by atoms with van der Waals surface area (Å²) in [6.45, 7) is 5.65. The van der Waals surface area contributed by atoms with Crippen LogP contribution in [0, 0.1) is 13.8 Å². The molecule has 5 rings (SSSR count). The van der Waals surface area contributed by atoms with Gasteiger partial charge in [0.1, 0.15) is 12.1 Å². The van der Waals surface area contributed by atoms with Gasteiger partial charge in [-0.15, -0.1) is 18.3 Å². The Morgan fingerprint density at radius 1 is 1.05 bits per heavy atom. The Balaban J connectivity index is 1.11. The highest BCUT2D eigenvalue weighted by molar-refractivity contribution is 8.14. The number of benzene rings is 3. The molecule has 1 saturated heterocycles. The van der Waals surface area contributed by atoms with E-state index in [0.29, 0.717) is 18.1 Å². The molecule has 1 atom stereocenters. The van der Waals surface area contributed by atoms with E-state index in [2.05, 4.69) is 62.1 Å². The minimum Gasteiger partial charge on any atom is -0.406 e. The quantitative estimate of drug-likeness (QED) is 0.175. The molecular weight excluding hydrogens is 565 g/mol. The van der Waals surface area contributed by atoms with Gasteiger partial charge < -0.3 is 14.7 Å². The lowest BCUT2D eigenvalue weighted by Gasteiger charge is -2.23. The number of nitrogens with zero attached hydrogens (tertiary/aromatic N) is 5. The number of ether oxygens (including phenoxy) is 1. The van der Waals surface area contributed by atoms with E-state index in [4.69, 9.17) is 0 Å². The largest absolute Gasteiger partial charge is 0.573 e. The number of aryl methyl sites for hydroxylation is 3. The van der Waals surface area contributed by atoms with Crippen LogP contribution in [0.3, 0.4) is 0 Å². The van der Waals surface area contributed by atoms with Crippen LogP contribution in [0.25, 0.3) is 17.1 Å². The van der Waals surface area contributed by atoms with Gasteiger partial charge in [-0.2, -0.15) is 0 Å². The van der Waals surface area contributed by atoms with Crippen LogP contribution in [0.4, 0.5) is 18.9 Å². The first kappa shape index (κ1) is 29.6. The number of halogens is 3. The number of rotatable bonds is 10. The molecular formula is C30H31F3N6O2S. The second-order valence-corrected chi connectivity index (χ2v) is 10.9. The van der Waals surface area contributed by atoms with Crippen LogP contribution in [-0.4, -0.2) is 56.6 Å². The SMILES string of the molecule is Cc1cccc(C)c1N1CCS/C1=N\C(O)NCCCc1ccc(-c2ncn(-c3ccc(OC(F)(F)F)cc3)n2)cc1. The van der Waals surface area contributed by atoms with E-state index < -0.39 is 12.7 Å². The summed E-state index contributed by atoms with van der Waals surface area (Å²) in [6, 6.07) is 19.5. The first-order valence-corrected chi connectivity index (χ1v) is 14.5. The monoisotopic (exact) mass is 596 g/mol. The van der Waals surface area contributed by atoms with Gasteiger partial charge in [0.15, 0.2) is 11.0 Å². The second-order valence-electron chi connectivity index (χ2n) is 9.83. The third-order valence-corrected chi connectivity index (χ3v) is 7.70. The van der Waals surface area contributed by atoms with E-state index in [1.165, 1.54) is 46.4 Å². The fourth-order valence-corrected chi connectivity index (χ4v) is 5.73. The van der Waals surface area contributed by atoms with Crippen molar-refractivity contribution in [3.63, 3.8) is 0 Å². The fourth-order valence-electron chi connectivity index (χ4n) is 4.76. The number of aliphatic hydroxyl groups excluding tert-OH is 1. The van der Waals surface area contributed by atoms with Gasteiger partial charge in [0.05, 0.1) is 5.69 Å². The third kappa shape index (κ3) is 7.50. The van der Waals surface area contributed by atoms with Crippen molar-refractivity contribution in [2.24, 2.45) is 4.99 Å². The zero-order valence-electron chi connectivity index (χ0n) is 23.2. The highest BCUT2D eigenvalue weighted by atomic mass is 32.2. The molecule has 4 aromatic rings. The van der Waals surface area contributed by atoms with E-state index >= 15 is 0 Å². The van der Waals surface area contributed by atoms with Crippen molar-refractivity contribution < 1.29 is 23.0 Å². The molecule has 42 heavy (non-hydrogen) atoms. The third-order valence-electron chi connectivity index (χ3n) is 6.73. The van der Waals surface area contributed by atoms with Crippen molar-refractivity contribution >= 4 is 22.6 Å². The number of aliphatic hydroxyl groups is 1. The standard InChI is InChI=1S/C30H31F3N6O2S/c1-20-5-3-6-21(2)26(20)38-17-18-42-29(38)36-28(40)34-16-4-7-22-8-10-23(11-9-22)27-35-19-39(37-27)24-12-14-25(15-13-24)41-30(31,32)33/h3,5-6,8-15,19,28,34,40H,4,7,16-18H2,1-2H3/b36-29-. The summed E-state index contributed by atoms with van der Waals surface area (Å²) in [6.07, 6.45) is -2.58. The highest BCUT2D eigenvalue weighted by Crippen LogP contribution is 2.31. The Morgan fingerprint density at radius 2 is 1.76 bits per heavy atom. The number of hydrogen-bond acceptors (Lipinski definition) is 7. The Morgan fingerprint density at radius 3 is 2.45 bits per heavy atom. The van der Waals surface area contributed by atoms with Crippen molar-refractivity contribution in [1.29, 1.82) is 0 Å². The van der Waals surface area contributed by atoms with Gasteiger partial charge in [-0.25, -0.2) is 14.7 Å². The Labute approximate surface area is 246 Å². The van der Waals surface area contributed by atoms with Crippen molar-refractivity contribution in [1.82, 2.24) is 20.1 Å². The fraction of sp³-hybridized carbons (Fsp3) is 0.300. The maximum atomic E-state index is 12.4. The number of thioether (sulfide) groups is 1. The summed E-state index contributed by atoms with van der Waals surface area (Å²) in [5.41, 5.74) is 6.05. The molecule has 1 aliphatic rings. The molecule has 0 radical (unpaired) electrons. The number of hydrogen-bond donors (Lipinski definition) is 2. The molecule has 0 amide bonds. The molecule has 0 aliphatic carbocycles. The molecule has 2 heterocycles. The zero-order chi connectivity index (χ0) is 29.7. The van der Waals surface area contributed by atoms with Crippen molar-refractivity contribution in [2.45, 2.75) is 39.4 Å². The summed E-state index contributed by atoms with van der Waals surface area (Å²) in [7, 11) is 0. The predicted octanol–water partition coefficient (Wildman–Crippen LogP) is 5.86. The second kappa shape index (κ2) is 13.0. The number of alkyl halides is 3. The lowest BCUT2D eigenvalue weighted by Crippen LogP contribution is -2.32. The Bertz CT molecular complexity index is 1500.